The summed E-state index contributed by atoms with van der Waals surface area (Å²) in [5.41, 5.74) is 0.780. The summed E-state index contributed by atoms with van der Waals surface area (Å²) in [7, 11) is 2.05. The minimum absolute atomic E-state index is 0.126. The minimum Gasteiger partial charge on any atom is -0.478 e. The average Bonchev–Trinajstić information content (AvgIpc) is 2.54. The van der Waals surface area contributed by atoms with Crippen LogP contribution in [0, 0.1) is 6.92 Å². The number of amides is 1. The number of likely N-dealkylation sites (tertiary alicyclic amines) is 1. The van der Waals surface area contributed by atoms with Crippen molar-refractivity contribution in [2.24, 2.45) is 0 Å². The van der Waals surface area contributed by atoms with Gasteiger partial charge in [0.1, 0.15) is 5.69 Å². The Kier molecular flexibility index (Phi) is 4.32. The van der Waals surface area contributed by atoms with Gasteiger partial charge < -0.3 is 14.7 Å². The van der Waals surface area contributed by atoms with Crippen molar-refractivity contribution in [1.29, 1.82) is 0 Å². The summed E-state index contributed by atoms with van der Waals surface area (Å²) >= 11 is 0. The van der Waals surface area contributed by atoms with Crippen LogP contribution in [-0.2, 0) is 4.74 Å². The van der Waals surface area contributed by atoms with Gasteiger partial charge in [0.2, 0.25) is 0 Å². The molecule has 2 atom stereocenters. The fraction of sp³-hybridized carbons (Fsp3) is 0.562. The van der Waals surface area contributed by atoms with E-state index < -0.39 is 5.97 Å². The van der Waals surface area contributed by atoms with Crippen LogP contribution in [0.4, 0.5) is 0 Å². The molecule has 3 rings (SSSR count). The Morgan fingerprint density at radius 3 is 2.83 bits per heavy atom. The first-order chi connectivity index (χ1) is 11.0. The maximum absolute atomic E-state index is 12.7. The van der Waals surface area contributed by atoms with E-state index in [1.54, 1.807) is 11.8 Å². The fourth-order valence-electron chi connectivity index (χ4n) is 3.29. The topological polar surface area (TPSA) is 83.0 Å². The molecule has 2 fully saturated rings. The van der Waals surface area contributed by atoms with E-state index in [1.165, 1.54) is 12.1 Å². The monoisotopic (exact) mass is 319 g/mol. The van der Waals surface area contributed by atoms with Crippen molar-refractivity contribution in [3.8, 4) is 0 Å². The normalized spacial score (nSPS) is 25.0. The maximum Gasteiger partial charge on any atom is 0.337 e. The number of likely N-dealkylation sites (N-methyl/N-ethyl adjacent to an activating group) is 1. The van der Waals surface area contributed by atoms with Crippen LogP contribution in [-0.4, -0.2) is 77.2 Å². The molecule has 2 aliphatic heterocycles. The van der Waals surface area contributed by atoms with Crippen LogP contribution >= 0.6 is 0 Å². The minimum atomic E-state index is -1.03. The standard InChI is InChI=1S/C16H21N3O4/c1-10-11(16(21)22)3-4-12(17-10)15(20)19-6-5-14-13(9-19)18(2)7-8-23-14/h3-4,13-14H,5-9H2,1-2H3,(H,21,22). The van der Waals surface area contributed by atoms with Gasteiger partial charge in [0.15, 0.2) is 0 Å². The summed E-state index contributed by atoms with van der Waals surface area (Å²) in [6.45, 7) is 4.46. The lowest BCUT2D eigenvalue weighted by atomic mass is 9.99. The number of morpholine rings is 1. The third-order valence-electron chi connectivity index (χ3n) is 4.68. The molecular weight excluding hydrogens is 298 g/mol. The number of carboxylic acids is 1. The Morgan fingerprint density at radius 2 is 2.13 bits per heavy atom. The lowest BCUT2D eigenvalue weighted by molar-refractivity contribution is -0.0894. The van der Waals surface area contributed by atoms with E-state index in [4.69, 9.17) is 9.84 Å². The average molecular weight is 319 g/mol. The SMILES string of the molecule is Cc1nc(C(=O)N2CCC3OCCN(C)C3C2)ccc1C(=O)O. The van der Waals surface area contributed by atoms with Gasteiger partial charge in [0, 0.05) is 19.6 Å². The molecule has 2 aliphatic rings. The predicted molar refractivity (Wildman–Crippen MR) is 82.6 cm³/mol. The van der Waals surface area contributed by atoms with Crippen molar-refractivity contribution >= 4 is 11.9 Å². The number of carboxylic acid groups (broad SMARTS) is 1. The number of pyridine rings is 1. The van der Waals surface area contributed by atoms with Crippen molar-refractivity contribution in [2.75, 3.05) is 33.3 Å². The Balaban J connectivity index is 1.75. The maximum atomic E-state index is 12.7. The molecule has 0 saturated carbocycles. The number of rotatable bonds is 2. The zero-order valence-corrected chi connectivity index (χ0v) is 13.4. The molecule has 0 spiro atoms. The number of nitrogens with zero attached hydrogens (tertiary/aromatic N) is 3. The van der Waals surface area contributed by atoms with E-state index in [2.05, 4.69) is 16.9 Å². The third-order valence-corrected chi connectivity index (χ3v) is 4.68. The molecule has 124 valence electrons. The number of hydrogen-bond acceptors (Lipinski definition) is 5. The van der Waals surface area contributed by atoms with Crippen LogP contribution in [0.25, 0.3) is 0 Å². The second-order valence-corrected chi connectivity index (χ2v) is 6.13. The third kappa shape index (κ3) is 3.07. The quantitative estimate of drug-likeness (QED) is 0.861. The van der Waals surface area contributed by atoms with Gasteiger partial charge in [-0.2, -0.15) is 0 Å². The predicted octanol–water partition coefficient (Wildman–Crippen LogP) is 0.633. The highest BCUT2D eigenvalue weighted by atomic mass is 16.5. The number of hydrogen-bond donors (Lipinski definition) is 1. The molecule has 1 aromatic heterocycles. The van der Waals surface area contributed by atoms with E-state index in [9.17, 15) is 9.59 Å². The van der Waals surface area contributed by atoms with Crippen molar-refractivity contribution < 1.29 is 19.4 Å². The Labute approximate surface area is 134 Å². The highest BCUT2D eigenvalue weighted by Crippen LogP contribution is 2.23. The molecule has 1 aromatic rings. The highest BCUT2D eigenvalue weighted by Gasteiger charge is 2.37. The van der Waals surface area contributed by atoms with Crippen molar-refractivity contribution in [2.45, 2.75) is 25.5 Å². The fourth-order valence-corrected chi connectivity index (χ4v) is 3.29. The van der Waals surface area contributed by atoms with Gasteiger partial charge in [0.25, 0.3) is 5.91 Å². The molecule has 7 heteroatoms. The number of aromatic carboxylic acids is 1. The Hall–Kier alpha value is -1.99. The molecule has 7 nitrogen and oxygen atoms in total. The zero-order valence-electron chi connectivity index (χ0n) is 13.4. The highest BCUT2D eigenvalue weighted by molar-refractivity contribution is 5.94. The zero-order chi connectivity index (χ0) is 16.6. The van der Waals surface area contributed by atoms with E-state index in [0.717, 1.165) is 19.6 Å². The number of fused-ring (bicyclic) bond motifs is 1. The van der Waals surface area contributed by atoms with Crippen LogP contribution in [0.5, 0.6) is 0 Å². The smallest absolute Gasteiger partial charge is 0.337 e. The summed E-state index contributed by atoms with van der Waals surface area (Å²) in [4.78, 5) is 31.9. The van der Waals surface area contributed by atoms with Gasteiger partial charge >= 0.3 is 5.97 Å². The molecule has 23 heavy (non-hydrogen) atoms. The van der Waals surface area contributed by atoms with E-state index in [1.807, 2.05) is 0 Å². The lowest BCUT2D eigenvalue weighted by Gasteiger charge is -2.45. The Bertz CT molecular complexity index is 634. The second kappa shape index (κ2) is 6.25. The number of ether oxygens (including phenoxy) is 1. The Morgan fingerprint density at radius 1 is 1.35 bits per heavy atom. The van der Waals surface area contributed by atoms with Crippen LogP contribution < -0.4 is 0 Å². The summed E-state index contributed by atoms with van der Waals surface area (Å²) in [6.07, 6.45) is 0.995. The van der Waals surface area contributed by atoms with Crippen molar-refractivity contribution in [3.05, 3.63) is 29.1 Å². The molecule has 0 aliphatic carbocycles. The molecule has 3 heterocycles. The van der Waals surface area contributed by atoms with Crippen molar-refractivity contribution in [1.82, 2.24) is 14.8 Å². The summed E-state index contributed by atoms with van der Waals surface area (Å²) < 4.78 is 5.79. The first-order valence-corrected chi connectivity index (χ1v) is 7.79. The van der Waals surface area contributed by atoms with Gasteiger partial charge in [-0.25, -0.2) is 9.78 Å². The van der Waals surface area contributed by atoms with Crippen LogP contribution in [0.1, 0.15) is 33.0 Å². The molecule has 2 saturated heterocycles. The van der Waals surface area contributed by atoms with E-state index in [-0.39, 0.29) is 23.6 Å². The molecular formula is C16H21N3O4. The largest absolute Gasteiger partial charge is 0.478 e. The van der Waals surface area contributed by atoms with Gasteiger partial charge in [0.05, 0.1) is 30.0 Å². The lowest BCUT2D eigenvalue weighted by Crippen LogP contribution is -2.59. The van der Waals surface area contributed by atoms with Crippen molar-refractivity contribution in [3.63, 3.8) is 0 Å². The number of carbonyl (C=O) groups excluding carboxylic acids is 1. The summed E-state index contributed by atoms with van der Waals surface area (Å²) in [6, 6.07) is 3.15. The van der Waals surface area contributed by atoms with Crippen LogP contribution in [0.15, 0.2) is 12.1 Å². The summed E-state index contributed by atoms with van der Waals surface area (Å²) in [5, 5.41) is 9.05. The van der Waals surface area contributed by atoms with E-state index in [0.29, 0.717) is 24.5 Å². The molecule has 0 bridgehead atoms. The first kappa shape index (κ1) is 15.9. The first-order valence-electron chi connectivity index (χ1n) is 7.79. The molecule has 1 N–H and O–H groups in total. The number of aromatic nitrogens is 1. The van der Waals surface area contributed by atoms with Gasteiger partial charge in [-0.3, -0.25) is 9.69 Å². The number of carbonyl (C=O) groups is 2. The number of aryl methyl sites for hydroxylation is 1. The van der Waals surface area contributed by atoms with Crippen LogP contribution in [0.2, 0.25) is 0 Å². The van der Waals surface area contributed by atoms with E-state index >= 15 is 0 Å². The second-order valence-electron chi connectivity index (χ2n) is 6.13. The van der Waals surface area contributed by atoms with Gasteiger partial charge in [-0.1, -0.05) is 0 Å². The number of piperidine rings is 1. The molecule has 0 aromatic carbocycles. The summed E-state index contributed by atoms with van der Waals surface area (Å²) in [5.74, 6) is -1.18. The molecule has 2 unspecified atom stereocenters. The molecule has 0 radical (unpaired) electrons. The van der Waals surface area contributed by atoms with Crippen LogP contribution in [0.3, 0.4) is 0 Å². The van der Waals surface area contributed by atoms with Gasteiger partial charge in [-0.15, -0.1) is 0 Å². The van der Waals surface area contributed by atoms with Gasteiger partial charge in [-0.05, 0) is 32.5 Å². The molecule has 1 amide bonds.